The summed E-state index contributed by atoms with van der Waals surface area (Å²) in [6.07, 6.45) is 10.5. The molecule has 4 bridgehead atoms. The van der Waals surface area contributed by atoms with E-state index >= 15 is 0 Å². The first-order valence-corrected chi connectivity index (χ1v) is 7.91. The lowest BCUT2D eigenvalue weighted by atomic mass is 9.48. The van der Waals surface area contributed by atoms with Gasteiger partial charge in [0.1, 0.15) is 0 Å². The molecule has 0 heterocycles. The first kappa shape index (κ1) is 12.9. The molecule has 4 aliphatic carbocycles. The van der Waals surface area contributed by atoms with E-state index in [4.69, 9.17) is 5.11 Å². The number of likely N-dealkylation sites (N-methyl/N-ethyl adjacent to an activating group) is 1. The molecular weight excluding hydrogens is 222 g/mol. The Morgan fingerprint density at radius 2 is 1.61 bits per heavy atom. The van der Waals surface area contributed by atoms with Crippen molar-refractivity contribution in [2.24, 2.45) is 23.2 Å². The second-order valence-corrected chi connectivity index (χ2v) is 7.67. The van der Waals surface area contributed by atoms with Crippen LogP contribution < -0.4 is 0 Å². The van der Waals surface area contributed by atoms with E-state index in [0.29, 0.717) is 18.1 Å². The molecule has 0 amide bonds. The van der Waals surface area contributed by atoms with Crippen LogP contribution in [-0.2, 0) is 0 Å². The Labute approximate surface area is 112 Å². The third-order valence-electron chi connectivity index (χ3n) is 6.10. The smallest absolute Gasteiger partial charge is 0.0558 e. The molecule has 1 atom stereocenters. The maximum Gasteiger partial charge on any atom is 0.0558 e. The molecule has 0 aromatic heterocycles. The number of aliphatic hydroxyl groups excluding tert-OH is 1. The van der Waals surface area contributed by atoms with Crippen molar-refractivity contribution in [1.82, 2.24) is 4.90 Å². The van der Waals surface area contributed by atoms with Gasteiger partial charge in [-0.05, 0) is 82.1 Å². The van der Waals surface area contributed by atoms with E-state index in [-0.39, 0.29) is 0 Å². The number of aliphatic hydroxyl groups is 1. The summed E-state index contributed by atoms with van der Waals surface area (Å²) >= 11 is 0. The van der Waals surface area contributed by atoms with Crippen LogP contribution in [0.4, 0.5) is 0 Å². The fourth-order valence-corrected chi connectivity index (χ4v) is 5.70. The predicted octanol–water partition coefficient (Wildman–Crippen LogP) is 2.91. The average Bonchev–Trinajstić information content (AvgIpc) is 2.26. The zero-order valence-electron chi connectivity index (χ0n) is 12.1. The third kappa shape index (κ3) is 2.34. The van der Waals surface area contributed by atoms with Crippen molar-refractivity contribution in [1.29, 1.82) is 0 Å². The van der Waals surface area contributed by atoms with Crippen LogP contribution in [0.25, 0.3) is 0 Å². The van der Waals surface area contributed by atoms with Gasteiger partial charge in [-0.25, -0.2) is 0 Å². The molecule has 18 heavy (non-hydrogen) atoms. The first-order chi connectivity index (χ1) is 8.60. The van der Waals surface area contributed by atoms with E-state index < -0.39 is 0 Å². The minimum Gasteiger partial charge on any atom is -0.395 e. The van der Waals surface area contributed by atoms with Gasteiger partial charge in [0.05, 0.1) is 6.61 Å². The molecule has 104 valence electrons. The maximum absolute atomic E-state index is 9.07. The predicted molar refractivity (Wildman–Crippen MR) is 74.4 cm³/mol. The third-order valence-corrected chi connectivity index (χ3v) is 6.10. The van der Waals surface area contributed by atoms with Gasteiger partial charge in [0.2, 0.25) is 0 Å². The number of hydrogen-bond acceptors (Lipinski definition) is 2. The van der Waals surface area contributed by atoms with Crippen molar-refractivity contribution in [2.45, 2.75) is 57.9 Å². The van der Waals surface area contributed by atoms with Crippen molar-refractivity contribution < 1.29 is 5.11 Å². The van der Waals surface area contributed by atoms with Gasteiger partial charge < -0.3 is 10.0 Å². The summed E-state index contributed by atoms with van der Waals surface area (Å²) in [6.45, 7) is 3.48. The summed E-state index contributed by atoms with van der Waals surface area (Å²) in [7, 11) is 2.17. The lowest BCUT2D eigenvalue weighted by Crippen LogP contribution is -2.48. The molecule has 4 fully saturated rings. The minimum absolute atomic E-state index is 0.293. The van der Waals surface area contributed by atoms with E-state index in [2.05, 4.69) is 18.9 Å². The lowest BCUT2D eigenvalue weighted by molar-refractivity contribution is -0.0675. The molecule has 1 N–H and O–H groups in total. The Morgan fingerprint density at radius 3 is 2.06 bits per heavy atom. The summed E-state index contributed by atoms with van der Waals surface area (Å²) in [5, 5.41) is 9.07. The van der Waals surface area contributed by atoms with E-state index in [1.54, 1.807) is 19.3 Å². The first-order valence-electron chi connectivity index (χ1n) is 7.91. The molecule has 0 aromatic rings. The summed E-state index contributed by atoms with van der Waals surface area (Å²) in [6, 6.07) is 0.633. The molecule has 2 nitrogen and oxygen atoms in total. The van der Waals surface area contributed by atoms with Gasteiger partial charge in [0.25, 0.3) is 0 Å². The van der Waals surface area contributed by atoms with Gasteiger partial charge in [0.15, 0.2) is 0 Å². The fraction of sp³-hybridized carbons (Fsp3) is 1.00. The number of nitrogens with zero attached hydrogens (tertiary/aromatic N) is 1. The Balaban J connectivity index is 1.65. The standard InChI is InChI=1S/C16H29NO/c1-12(17(2)3-4-18)8-16-9-13-5-14(10-16)7-15(6-13)11-16/h12-15,18H,3-11H2,1-2H3. The molecule has 4 rings (SSSR count). The molecular formula is C16H29NO. The quantitative estimate of drug-likeness (QED) is 0.812. The number of hydrogen-bond donors (Lipinski definition) is 1. The van der Waals surface area contributed by atoms with Crippen LogP contribution in [0, 0.1) is 23.2 Å². The van der Waals surface area contributed by atoms with Crippen LogP contribution in [0.1, 0.15) is 51.9 Å². The van der Waals surface area contributed by atoms with Gasteiger partial charge in [-0.3, -0.25) is 0 Å². The molecule has 0 spiro atoms. The highest BCUT2D eigenvalue weighted by Gasteiger charge is 2.51. The van der Waals surface area contributed by atoms with Crippen LogP contribution in [0.15, 0.2) is 0 Å². The van der Waals surface area contributed by atoms with Gasteiger partial charge in [-0.15, -0.1) is 0 Å². The highest BCUT2D eigenvalue weighted by molar-refractivity contribution is 5.02. The normalized spacial score (nSPS) is 43.7. The molecule has 4 saturated carbocycles. The van der Waals surface area contributed by atoms with E-state index in [0.717, 1.165) is 24.3 Å². The fourth-order valence-electron chi connectivity index (χ4n) is 5.70. The van der Waals surface area contributed by atoms with Crippen molar-refractivity contribution in [3.63, 3.8) is 0 Å². The van der Waals surface area contributed by atoms with Crippen LogP contribution in [0.5, 0.6) is 0 Å². The Morgan fingerprint density at radius 1 is 1.11 bits per heavy atom. The molecule has 0 saturated heterocycles. The summed E-state index contributed by atoms with van der Waals surface area (Å²) < 4.78 is 0. The van der Waals surface area contributed by atoms with Crippen LogP contribution in [-0.4, -0.2) is 36.2 Å². The van der Waals surface area contributed by atoms with Crippen molar-refractivity contribution in [3.05, 3.63) is 0 Å². The van der Waals surface area contributed by atoms with Crippen molar-refractivity contribution >= 4 is 0 Å². The van der Waals surface area contributed by atoms with Crippen LogP contribution >= 0.6 is 0 Å². The van der Waals surface area contributed by atoms with E-state index in [9.17, 15) is 0 Å². The van der Waals surface area contributed by atoms with Crippen molar-refractivity contribution in [3.8, 4) is 0 Å². The molecule has 1 unspecified atom stereocenters. The topological polar surface area (TPSA) is 23.5 Å². The second-order valence-electron chi connectivity index (χ2n) is 7.67. The summed E-state index contributed by atoms with van der Waals surface area (Å²) in [5.41, 5.74) is 0.678. The molecule has 0 aromatic carbocycles. The van der Waals surface area contributed by atoms with Gasteiger partial charge >= 0.3 is 0 Å². The SMILES string of the molecule is CC(CC12CC3CC(CC(C3)C1)C2)N(C)CCO. The van der Waals surface area contributed by atoms with E-state index in [1.165, 1.54) is 25.7 Å². The molecule has 2 heteroatoms. The van der Waals surface area contributed by atoms with Crippen molar-refractivity contribution in [2.75, 3.05) is 20.2 Å². The van der Waals surface area contributed by atoms with Crippen LogP contribution in [0.3, 0.4) is 0 Å². The Hall–Kier alpha value is -0.0800. The Bertz CT molecular complexity index is 266. The zero-order valence-corrected chi connectivity index (χ0v) is 12.1. The van der Waals surface area contributed by atoms with Gasteiger partial charge in [-0.2, -0.15) is 0 Å². The largest absolute Gasteiger partial charge is 0.395 e. The Kier molecular flexibility index (Phi) is 3.44. The summed E-state index contributed by atoms with van der Waals surface area (Å²) in [4.78, 5) is 2.35. The monoisotopic (exact) mass is 251 g/mol. The molecule has 0 aliphatic heterocycles. The summed E-state index contributed by atoms with van der Waals surface area (Å²) in [5.74, 6) is 3.18. The molecule has 0 radical (unpaired) electrons. The average molecular weight is 251 g/mol. The molecule has 4 aliphatic rings. The van der Waals surface area contributed by atoms with Crippen LogP contribution in [0.2, 0.25) is 0 Å². The lowest BCUT2D eigenvalue weighted by Gasteiger charge is -2.58. The zero-order chi connectivity index (χ0) is 12.8. The van der Waals surface area contributed by atoms with Gasteiger partial charge in [-0.1, -0.05) is 0 Å². The minimum atomic E-state index is 0.293. The highest BCUT2D eigenvalue weighted by atomic mass is 16.3. The maximum atomic E-state index is 9.07. The van der Waals surface area contributed by atoms with Gasteiger partial charge in [0, 0.05) is 12.6 Å². The van der Waals surface area contributed by atoms with E-state index in [1.807, 2.05) is 0 Å². The second kappa shape index (κ2) is 4.79. The number of rotatable bonds is 5. The highest BCUT2D eigenvalue weighted by Crippen LogP contribution is 2.61.